The highest BCUT2D eigenvalue weighted by atomic mass is 16.5. The first-order valence-corrected chi connectivity index (χ1v) is 9.13. The van der Waals surface area contributed by atoms with Gasteiger partial charge in [-0.25, -0.2) is 0 Å². The molecule has 0 saturated carbocycles. The molecule has 27 heavy (non-hydrogen) atoms. The van der Waals surface area contributed by atoms with E-state index in [1.54, 1.807) is 13.4 Å². The van der Waals surface area contributed by atoms with Crippen LogP contribution in [-0.4, -0.2) is 41.3 Å². The number of H-pyrrole nitrogens is 1. The Morgan fingerprint density at radius 1 is 1.26 bits per heavy atom. The van der Waals surface area contributed by atoms with Crippen molar-refractivity contribution in [1.29, 1.82) is 0 Å². The molecular weight excluding hydrogens is 342 g/mol. The second kappa shape index (κ2) is 7.04. The fourth-order valence-electron chi connectivity index (χ4n) is 3.63. The molecule has 3 aromatic rings. The van der Waals surface area contributed by atoms with Crippen molar-refractivity contribution in [1.82, 2.24) is 15.1 Å². The highest BCUT2D eigenvalue weighted by molar-refractivity contribution is 5.99. The van der Waals surface area contributed by atoms with Gasteiger partial charge in [0.15, 0.2) is 11.5 Å². The van der Waals surface area contributed by atoms with Crippen LogP contribution in [0, 0.1) is 0 Å². The molecule has 1 N–H and O–H groups in total. The van der Waals surface area contributed by atoms with E-state index in [0.717, 1.165) is 16.8 Å². The molecule has 2 aromatic heterocycles. The second-order valence-electron chi connectivity index (χ2n) is 7.05. The quantitative estimate of drug-likeness (QED) is 0.717. The first-order valence-electron chi connectivity index (χ1n) is 9.13. The Kier molecular flexibility index (Phi) is 4.58. The second-order valence-corrected chi connectivity index (χ2v) is 7.05. The van der Waals surface area contributed by atoms with E-state index in [1.165, 1.54) is 5.56 Å². The number of hydrogen-bond donors (Lipinski definition) is 1. The molecule has 0 spiro atoms. The lowest BCUT2D eigenvalue weighted by Crippen LogP contribution is -2.32. The molecule has 0 radical (unpaired) electrons. The average molecular weight is 365 g/mol. The molecule has 1 aromatic carbocycles. The summed E-state index contributed by atoms with van der Waals surface area (Å²) in [6.07, 6.45) is 1.62. The molecule has 4 rings (SSSR count). The molecule has 1 aliphatic rings. The maximum Gasteiger partial charge on any atom is 0.275 e. The first-order chi connectivity index (χ1) is 13.1. The molecule has 3 heterocycles. The van der Waals surface area contributed by atoms with Gasteiger partial charge in [-0.2, -0.15) is 5.10 Å². The molecule has 1 amide bonds. The van der Waals surface area contributed by atoms with Crippen molar-refractivity contribution in [2.75, 3.05) is 20.3 Å². The van der Waals surface area contributed by atoms with E-state index in [1.807, 2.05) is 17.0 Å². The third kappa shape index (κ3) is 2.96. The smallest absolute Gasteiger partial charge is 0.275 e. The van der Waals surface area contributed by atoms with Crippen molar-refractivity contribution >= 4 is 5.91 Å². The van der Waals surface area contributed by atoms with Gasteiger partial charge in [0.25, 0.3) is 5.91 Å². The number of carbonyl (C=O) groups is 1. The summed E-state index contributed by atoms with van der Waals surface area (Å²) in [6, 6.07) is 11.9. The van der Waals surface area contributed by atoms with Crippen molar-refractivity contribution in [3.05, 3.63) is 65.0 Å². The van der Waals surface area contributed by atoms with Gasteiger partial charge in [-0.05, 0) is 29.2 Å². The number of ether oxygens (including phenoxy) is 1. The summed E-state index contributed by atoms with van der Waals surface area (Å²) in [7, 11) is 1.64. The molecule has 6 heteroatoms. The van der Waals surface area contributed by atoms with E-state index in [2.05, 4.69) is 48.3 Å². The maximum absolute atomic E-state index is 13.0. The van der Waals surface area contributed by atoms with Crippen molar-refractivity contribution in [2.45, 2.75) is 25.8 Å². The van der Waals surface area contributed by atoms with E-state index >= 15 is 0 Å². The van der Waals surface area contributed by atoms with Crippen LogP contribution >= 0.6 is 0 Å². The summed E-state index contributed by atoms with van der Waals surface area (Å²) in [5, 5.41) is 7.29. The van der Waals surface area contributed by atoms with Crippen LogP contribution in [0.4, 0.5) is 0 Å². The van der Waals surface area contributed by atoms with Crippen molar-refractivity contribution < 1.29 is 13.9 Å². The van der Waals surface area contributed by atoms with Gasteiger partial charge < -0.3 is 14.1 Å². The lowest BCUT2D eigenvalue weighted by Gasteiger charge is -2.26. The number of aromatic nitrogens is 2. The zero-order chi connectivity index (χ0) is 19.0. The largest absolute Gasteiger partial charge is 0.463 e. The van der Waals surface area contributed by atoms with Crippen LogP contribution in [0.1, 0.15) is 53.0 Å². The summed E-state index contributed by atoms with van der Waals surface area (Å²) in [4.78, 5) is 14.8. The van der Waals surface area contributed by atoms with E-state index in [9.17, 15) is 4.79 Å². The Bertz CT molecular complexity index is 926. The SMILES string of the molecule is COCCN1C(=O)c2n[nH]c(-c3ccco3)c2[C@@H]1c1ccc(C(C)C)cc1. The van der Waals surface area contributed by atoms with E-state index in [-0.39, 0.29) is 11.9 Å². The van der Waals surface area contributed by atoms with Crippen LogP contribution in [0.25, 0.3) is 11.5 Å². The van der Waals surface area contributed by atoms with E-state index < -0.39 is 0 Å². The molecule has 0 aliphatic carbocycles. The van der Waals surface area contributed by atoms with Crippen molar-refractivity contribution in [3.8, 4) is 11.5 Å². The lowest BCUT2D eigenvalue weighted by atomic mass is 9.95. The number of carbonyl (C=O) groups excluding carboxylic acids is 1. The van der Waals surface area contributed by atoms with Gasteiger partial charge in [-0.3, -0.25) is 9.89 Å². The van der Waals surface area contributed by atoms with Crippen LogP contribution in [0.3, 0.4) is 0 Å². The van der Waals surface area contributed by atoms with Crippen LogP contribution in [0.5, 0.6) is 0 Å². The first kappa shape index (κ1) is 17.5. The van der Waals surface area contributed by atoms with Gasteiger partial charge in [-0.15, -0.1) is 0 Å². The van der Waals surface area contributed by atoms with Crippen molar-refractivity contribution in [2.24, 2.45) is 0 Å². The number of methoxy groups -OCH3 is 1. The number of aromatic amines is 1. The Morgan fingerprint density at radius 3 is 2.67 bits per heavy atom. The fourth-order valence-corrected chi connectivity index (χ4v) is 3.63. The van der Waals surface area contributed by atoms with Crippen LogP contribution in [0.2, 0.25) is 0 Å². The summed E-state index contributed by atoms with van der Waals surface area (Å²) in [6.45, 7) is 5.31. The molecule has 0 fully saturated rings. The molecule has 6 nitrogen and oxygen atoms in total. The zero-order valence-corrected chi connectivity index (χ0v) is 15.7. The minimum Gasteiger partial charge on any atom is -0.463 e. The van der Waals surface area contributed by atoms with Crippen LogP contribution < -0.4 is 0 Å². The number of furan rings is 1. The minimum absolute atomic E-state index is 0.0888. The molecule has 0 unspecified atom stereocenters. The predicted molar refractivity (Wildman–Crippen MR) is 102 cm³/mol. The number of benzene rings is 1. The number of rotatable bonds is 6. The Labute approximate surface area is 158 Å². The van der Waals surface area contributed by atoms with Crippen LogP contribution in [0.15, 0.2) is 47.1 Å². The highest BCUT2D eigenvalue weighted by Gasteiger charge is 2.42. The third-order valence-corrected chi connectivity index (χ3v) is 5.08. The molecule has 0 saturated heterocycles. The number of hydrogen-bond acceptors (Lipinski definition) is 4. The maximum atomic E-state index is 13.0. The summed E-state index contributed by atoms with van der Waals surface area (Å²) < 4.78 is 10.8. The number of fused-ring (bicyclic) bond motifs is 1. The molecule has 0 bridgehead atoms. The third-order valence-electron chi connectivity index (χ3n) is 5.08. The predicted octanol–water partition coefficient (Wildman–Crippen LogP) is 3.98. The summed E-state index contributed by atoms with van der Waals surface area (Å²) >= 11 is 0. The Balaban J connectivity index is 1.81. The molecule has 1 atom stereocenters. The van der Waals surface area contributed by atoms with Gasteiger partial charge in [0, 0.05) is 19.2 Å². The Morgan fingerprint density at radius 2 is 2.04 bits per heavy atom. The highest BCUT2D eigenvalue weighted by Crippen LogP contribution is 2.42. The van der Waals surface area contributed by atoms with Gasteiger partial charge in [0.1, 0.15) is 5.69 Å². The standard InChI is InChI=1S/C21H23N3O3/c1-13(2)14-6-8-15(9-7-14)20-17-18(16-5-4-11-27-16)22-23-19(17)21(25)24(20)10-12-26-3/h4-9,11,13,20H,10,12H2,1-3H3,(H,22,23)/t20-/m0/s1. The fraction of sp³-hybridized carbons (Fsp3) is 0.333. The average Bonchev–Trinajstić information content (AvgIpc) is 3.38. The number of nitrogens with one attached hydrogen (secondary N) is 1. The normalized spacial score (nSPS) is 16.4. The van der Waals surface area contributed by atoms with Crippen molar-refractivity contribution in [3.63, 3.8) is 0 Å². The van der Waals surface area contributed by atoms with Gasteiger partial charge in [0.2, 0.25) is 0 Å². The summed E-state index contributed by atoms with van der Waals surface area (Å²) in [5.74, 6) is 1.04. The monoisotopic (exact) mass is 365 g/mol. The molecule has 1 aliphatic heterocycles. The lowest BCUT2D eigenvalue weighted by molar-refractivity contribution is 0.0677. The van der Waals surface area contributed by atoms with Gasteiger partial charge in [0.05, 0.1) is 18.9 Å². The zero-order valence-electron chi connectivity index (χ0n) is 15.7. The molecular formula is C21H23N3O3. The number of amides is 1. The summed E-state index contributed by atoms with van der Waals surface area (Å²) in [5.41, 5.74) is 4.39. The van der Waals surface area contributed by atoms with E-state index in [4.69, 9.17) is 9.15 Å². The topological polar surface area (TPSA) is 71.4 Å². The van der Waals surface area contributed by atoms with Gasteiger partial charge >= 0.3 is 0 Å². The van der Waals surface area contributed by atoms with Gasteiger partial charge in [-0.1, -0.05) is 38.1 Å². The Hall–Kier alpha value is -2.86. The minimum atomic E-state index is -0.220. The molecule has 140 valence electrons. The van der Waals surface area contributed by atoms with E-state index in [0.29, 0.717) is 30.5 Å². The number of nitrogens with zero attached hydrogens (tertiary/aromatic N) is 2. The van der Waals surface area contributed by atoms with Crippen LogP contribution in [-0.2, 0) is 4.74 Å².